The Balaban J connectivity index is 1.96. The molecule has 0 saturated carbocycles. The highest BCUT2D eigenvalue weighted by molar-refractivity contribution is 9.10. The Kier molecular flexibility index (Phi) is 8.95. The van der Waals surface area contributed by atoms with Gasteiger partial charge in [-0.2, -0.15) is 5.10 Å². The van der Waals surface area contributed by atoms with Crippen molar-refractivity contribution in [2.75, 3.05) is 12.4 Å². The minimum absolute atomic E-state index is 0.0260. The molecule has 0 radical (unpaired) electrons. The summed E-state index contributed by atoms with van der Waals surface area (Å²) in [6.07, 6.45) is 0.965. The highest BCUT2D eigenvalue weighted by Crippen LogP contribution is 2.37. The lowest BCUT2D eigenvalue weighted by atomic mass is 10.2. The van der Waals surface area contributed by atoms with Crippen molar-refractivity contribution >= 4 is 62.8 Å². The first kappa shape index (κ1) is 24.0. The summed E-state index contributed by atoms with van der Waals surface area (Å²) < 4.78 is 11.8. The Hall–Kier alpha value is -2.29. The molecular weight excluding hydrogens is 497 g/mol. The van der Waals surface area contributed by atoms with Crippen LogP contribution in [-0.2, 0) is 9.59 Å². The van der Waals surface area contributed by atoms with Gasteiger partial charge in [0.2, 0.25) is 11.8 Å². The van der Waals surface area contributed by atoms with Crippen molar-refractivity contribution < 1.29 is 19.1 Å². The van der Waals surface area contributed by atoms with Crippen LogP contribution in [0.4, 0.5) is 5.69 Å². The van der Waals surface area contributed by atoms with E-state index in [0.717, 1.165) is 0 Å². The van der Waals surface area contributed by atoms with Crippen molar-refractivity contribution in [3.05, 3.63) is 50.4 Å². The Bertz CT molecular complexity index is 967. The number of carbonyl (C=O) groups is 2. The molecule has 160 valence electrons. The molecule has 0 unspecified atom stereocenters. The summed E-state index contributed by atoms with van der Waals surface area (Å²) in [6.45, 7) is 3.82. The van der Waals surface area contributed by atoms with Crippen LogP contribution in [0.1, 0.15) is 25.8 Å². The van der Waals surface area contributed by atoms with E-state index in [1.807, 2.05) is 13.8 Å². The SMILES string of the molecule is COc1cc(C=NNC(=O)CC(=O)Nc2cccc(Cl)c2Cl)cc(Br)c1OC(C)C. The molecule has 2 N–H and O–H groups in total. The van der Waals surface area contributed by atoms with Crippen LogP contribution in [0.3, 0.4) is 0 Å². The predicted molar refractivity (Wildman–Crippen MR) is 122 cm³/mol. The Morgan fingerprint density at radius 3 is 2.63 bits per heavy atom. The van der Waals surface area contributed by atoms with Gasteiger partial charge in [0.25, 0.3) is 0 Å². The van der Waals surface area contributed by atoms with Gasteiger partial charge in [-0.3, -0.25) is 9.59 Å². The fourth-order valence-electron chi connectivity index (χ4n) is 2.32. The summed E-state index contributed by atoms with van der Waals surface area (Å²) in [6, 6.07) is 8.30. The molecule has 2 amide bonds. The number of hydrogen-bond acceptors (Lipinski definition) is 5. The summed E-state index contributed by atoms with van der Waals surface area (Å²) >= 11 is 15.3. The zero-order chi connectivity index (χ0) is 22.3. The number of amides is 2. The number of carbonyl (C=O) groups excluding carboxylic acids is 2. The minimum Gasteiger partial charge on any atom is -0.493 e. The maximum atomic E-state index is 12.0. The number of nitrogens with zero attached hydrogens (tertiary/aromatic N) is 1. The van der Waals surface area contributed by atoms with Gasteiger partial charge >= 0.3 is 0 Å². The van der Waals surface area contributed by atoms with Gasteiger partial charge in [-0.1, -0.05) is 29.3 Å². The van der Waals surface area contributed by atoms with Crippen molar-refractivity contribution in [1.29, 1.82) is 0 Å². The molecular formula is C20H20BrCl2N3O4. The van der Waals surface area contributed by atoms with E-state index in [9.17, 15) is 9.59 Å². The smallest absolute Gasteiger partial charge is 0.249 e. The van der Waals surface area contributed by atoms with Gasteiger partial charge < -0.3 is 14.8 Å². The van der Waals surface area contributed by atoms with Crippen LogP contribution in [-0.4, -0.2) is 31.2 Å². The number of methoxy groups -OCH3 is 1. The molecule has 0 fully saturated rings. The minimum atomic E-state index is -0.590. The first-order valence-corrected chi connectivity index (χ1v) is 10.4. The molecule has 10 heteroatoms. The fourth-order valence-corrected chi connectivity index (χ4v) is 3.22. The van der Waals surface area contributed by atoms with Gasteiger partial charge in [0, 0.05) is 0 Å². The van der Waals surface area contributed by atoms with Gasteiger partial charge in [-0.25, -0.2) is 5.43 Å². The van der Waals surface area contributed by atoms with Crippen LogP contribution in [0.5, 0.6) is 11.5 Å². The fraction of sp³-hybridized carbons (Fsp3) is 0.250. The Morgan fingerprint density at radius 1 is 1.23 bits per heavy atom. The molecule has 2 rings (SSSR count). The number of ether oxygens (including phenoxy) is 2. The van der Waals surface area contributed by atoms with E-state index in [4.69, 9.17) is 32.7 Å². The van der Waals surface area contributed by atoms with Crippen molar-refractivity contribution in [2.45, 2.75) is 26.4 Å². The molecule has 0 aliphatic carbocycles. The van der Waals surface area contributed by atoms with Crippen LogP contribution >= 0.6 is 39.1 Å². The van der Waals surface area contributed by atoms with Gasteiger partial charge in [-0.05, 0) is 59.6 Å². The normalized spacial score (nSPS) is 10.9. The molecule has 0 aliphatic rings. The maximum absolute atomic E-state index is 12.0. The van der Waals surface area contributed by atoms with Crippen LogP contribution in [0.15, 0.2) is 39.9 Å². The van der Waals surface area contributed by atoms with Crippen LogP contribution in [0.25, 0.3) is 0 Å². The highest BCUT2D eigenvalue weighted by atomic mass is 79.9. The summed E-state index contributed by atoms with van der Waals surface area (Å²) in [7, 11) is 1.53. The van der Waals surface area contributed by atoms with Crippen molar-refractivity contribution in [2.24, 2.45) is 5.10 Å². The molecule has 0 aliphatic heterocycles. The molecule has 7 nitrogen and oxygen atoms in total. The summed E-state index contributed by atoms with van der Waals surface area (Å²) in [5, 5.41) is 6.91. The number of anilines is 1. The van der Waals surface area contributed by atoms with E-state index in [1.54, 1.807) is 30.3 Å². The maximum Gasteiger partial charge on any atom is 0.249 e. The van der Waals surface area contributed by atoms with Gasteiger partial charge in [-0.15, -0.1) is 0 Å². The third-order valence-corrected chi connectivity index (χ3v) is 4.96. The van der Waals surface area contributed by atoms with E-state index in [-0.39, 0.29) is 11.1 Å². The van der Waals surface area contributed by atoms with Gasteiger partial charge in [0.15, 0.2) is 11.5 Å². The van der Waals surface area contributed by atoms with Crippen LogP contribution in [0.2, 0.25) is 10.0 Å². The van der Waals surface area contributed by atoms with E-state index < -0.39 is 18.2 Å². The molecule has 0 saturated heterocycles. The van der Waals surface area contributed by atoms with Crippen molar-refractivity contribution in [3.63, 3.8) is 0 Å². The number of halogens is 3. The lowest BCUT2D eigenvalue weighted by Gasteiger charge is -2.15. The van der Waals surface area contributed by atoms with Gasteiger partial charge in [0.05, 0.1) is 39.6 Å². The van der Waals surface area contributed by atoms with E-state index >= 15 is 0 Å². The van der Waals surface area contributed by atoms with Crippen molar-refractivity contribution in [1.82, 2.24) is 5.43 Å². The number of hydrazone groups is 1. The Labute approximate surface area is 192 Å². The lowest BCUT2D eigenvalue weighted by molar-refractivity contribution is -0.126. The molecule has 2 aromatic carbocycles. The first-order valence-electron chi connectivity index (χ1n) is 8.81. The number of nitrogens with one attached hydrogen (secondary N) is 2. The zero-order valence-corrected chi connectivity index (χ0v) is 19.6. The molecule has 0 spiro atoms. The van der Waals surface area contributed by atoms with E-state index in [0.29, 0.717) is 32.2 Å². The Morgan fingerprint density at radius 2 is 1.97 bits per heavy atom. The average molecular weight is 517 g/mol. The second kappa shape index (κ2) is 11.2. The predicted octanol–water partition coefficient (Wildman–Crippen LogP) is 5.03. The highest BCUT2D eigenvalue weighted by Gasteiger charge is 2.14. The van der Waals surface area contributed by atoms with Crippen LogP contribution in [0, 0.1) is 0 Å². The van der Waals surface area contributed by atoms with Gasteiger partial charge in [0.1, 0.15) is 6.42 Å². The first-order chi connectivity index (χ1) is 14.2. The summed E-state index contributed by atoms with van der Waals surface area (Å²) in [5.41, 5.74) is 3.28. The lowest BCUT2D eigenvalue weighted by Crippen LogP contribution is -2.24. The quantitative estimate of drug-likeness (QED) is 0.292. The number of benzene rings is 2. The molecule has 2 aromatic rings. The van der Waals surface area contributed by atoms with Crippen LogP contribution < -0.4 is 20.2 Å². The molecule has 0 bridgehead atoms. The topological polar surface area (TPSA) is 89.0 Å². The molecule has 30 heavy (non-hydrogen) atoms. The second-order valence-electron chi connectivity index (χ2n) is 6.32. The largest absolute Gasteiger partial charge is 0.493 e. The molecule has 0 aromatic heterocycles. The monoisotopic (exact) mass is 515 g/mol. The zero-order valence-electron chi connectivity index (χ0n) is 16.5. The number of hydrogen-bond donors (Lipinski definition) is 2. The average Bonchev–Trinajstić information content (AvgIpc) is 2.67. The third kappa shape index (κ3) is 6.90. The van der Waals surface area contributed by atoms with E-state index in [2.05, 4.69) is 31.8 Å². The third-order valence-electron chi connectivity index (χ3n) is 3.55. The summed E-state index contributed by atoms with van der Waals surface area (Å²) in [4.78, 5) is 24.0. The number of rotatable bonds is 8. The standard InChI is InChI=1S/C20H20BrCl2N3O4/c1-11(2)30-20-13(21)7-12(8-16(20)29-3)10-24-26-18(28)9-17(27)25-15-6-4-5-14(22)19(15)23/h4-8,10-11H,9H2,1-3H3,(H,25,27)(H,26,28). The summed E-state index contributed by atoms with van der Waals surface area (Å²) in [5.74, 6) is -0.0483. The molecule has 0 atom stereocenters. The molecule has 0 heterocycles. The second-order valence-corrected chi connectivity index (χ2v) is 7.96. The van der Waals surface area contributed by atoms with E-state index in [1.165, 1.54) is 13.3 Å². The van der Waals surface area contributed by atoms with Crippen molar-refractivity contribution in [3.8, 4) is 11.5 Å².